The number of benzene rings is 1. The number of aryl methyl sites for hydroxylation is 2. The average molecular weight is 262 g/mol. The van der Waals surface area contributed by atoms with Crippen LogP contribution in [0, 0.1) is 25.5 Å². The van der Waals surface area contributed by atoms with E-state index in [0.717, 1.165) is 23.1 Å². The number of hydrogen-bond acceptors (Lipinski definition) is 2. The van der Waals surface area contributed by atoms with Gasteiger partial charge in [-0.1, -0.05) is 6.07 Å². The minimum absolute atomic E-state index is 0.127. The fraction of sp³-hybridized carbons (Fsp3) is 0.267. The second-order valence-electron chi connectivity index (χ2n) is 4.63. The summed E-state index contributed by atoms with van der Waals surface area (Å²) < 4.78 is 26.1. The molecule has 0 amide bonds. The summed E-state index contributed by atoms with van der Waals surface area (Å²) in [5.74, 6) is -1.66. The average Bonchev–Trinajstić information content (AvgIpc) is 2.36. The molecule has 0 saturated heterocycles. The number of hydrogen-bond donors (Lipinski definition) is 1. The monoisotopic (exact) mass is 262 g/mol. The van der Waals surface area contributed by atoms with E-state index in [1.807, 2.05) is 32.9 Å². The van der Waals surface area contributed by atoms with E-state index >= 15 is 0 Å². The van der Waals surface area contributed by atoms with Crippen LogP contribution in [0.2, 0.25) is 0 Å². The minimum atomic E-state index is -0.830. The van der Waals surface area contributed by atoms with Gasteiger partial charge in [0.05, 0.1) is 11.4 Å². The summed E-state index contributed by atoms with van der Waals surface area (Å²) in [7, 11) is 0. The van der Waals surface area contributed by atoms with Gasteiger partial charge in [0.15, 0.2) is 11.6 Å². The molecule has 2 rings (SSSR count). The van der Waals surface area contributed by atoms with Gasteiger partial charge in [-0.3, -0.25) is 4.98 Å². The van der Waals surface area contributed by atoms with Gasteiger partial charge in [-0.25, -0.2) is 8.78 Å². The molecule has 0 bridgehead atoms. The number of nitrogens with one attached hydrogen (secondary N) is 1. The number of pyridine rings is 1. The molecule has 1 aromatic carbocycles. The van der Waals surface area contributed by atoms with Crippen molar-refractivity contribution in [2.45, 2.75) is 26.8 Å². The van der Waals surface area contributed by atoms with Gasteiger partial charge in [-0.15, -0.1) is 0 Å². The Morgan fingerprint density at radius 1 is 1.05 bits per heavy atom. The molecule has 100 valence electrons. The molecule has 1 aromatic heterocycles. The summed E-state index contributed by atoms with van der Waals surface area (Å²) >= 11 is 0. The lowest BCUT2D eigenvalue weighted by Gasteiger charge is -2.17. The van der Waals surface area contributed by atoms with Gasteiger partial charge < -0.3 is 5.32 Å². The summed E-state index contributed by atoms with van der Waals surface area (Å²) in [4.78, 5) is 4.36. The Bertz CT molecular complexity index is 597. The van der Waals surface area contributed by atoms with E-state index in [2.05, 4.69) is 10.3 Å². The lowest BCUT2D eigenvalue weighted by Crippen LogP contribution is -2.09. The number of halogens is 2. The van der Waals surface area contributed by atoms with Crippen molar-refractivity contribution in [1.82, 2.24) is 4.98 Å². The highest BCUT2D eigenvalue weighted by Crippen LogP contribution is 2.22. The zero-order valence-electron chi connectivity index (χ0n) is 11.2. The molecule has 0 saturated carbocycles. The van der Waals surface area contributed by atoms with E-state index < -0.39 is 11.6 Å². The Labute approximate surface area is 111 Å². The molecule has 1 unspecified atom stereocenters. The SMILES string of the molecule is Cc1ccc(NC(C)c2ccc(F)c(F)c2)c(C)n1. The zero-order chi connectivity index (χ0) is 14.0. The van der Waals surface area contributed by atoms with Gasteiger partial charge in [0.1, 0.15) is 0 Å². The maximum atomic E-state index is 13.2. The standard InChI is InChI=1S/C15H16F2N2/c1-9-4-7-15(11(3)18-9)19-10(2)12-5-6-13(16)14(17)8-12/h4-8,10,19H,1-3H3. The van der Waals surface area contributed by atoms with E-state index in [0.29, 0.717) is 5.56 Å². The highest BCUT2D eigenvalue weighted by atomic mass is 19.2. The Morgan fingerprint density at radius 3 is 2.42 bits per heavy atom. The van der Waals surface area contributed by atoms with E-state index in [1.54, 1.807) is 6.07 Å². The molecular formula is C15H16F2N2. The van der Waals surface area contributed by atoms with Gasteiger partial charge >= 0.3 is 0 Å². The first-order chi connectivity index (χ1) is 8.97. The van der Waals surface area contributed by atoms with Crippen molar-refractivity contribution in [2.24, 2.45) is 0 Å². The van der Waals surface area contributed by atoms with Crippen LogP contribution >= 0.6 is 0 Å². The molecule has 0 aliphatic carbocycles. The molecule has 1 atom stereocenters. The largest absolute Gasteiger partial charge is 0.377 e. The first-order valence-corrected chi connectivity index (χ1v) is 6.13. The molecular weight excluding hydrogens is 246 g/mol. The zero-order valence-corrected chi connectivity index (χ0v) is 11.2. The quantitative estimate of drug-likeness (QED) is 0.898. The van der Waals surface area contributed by atoms with Crippen molar-refractivity contribution in [3.05, 3.63) is 58.9 Å². The number of anilines is 1. The maximum absolute atomic E-state index is 13.2. The third-order valence-corrected chi connectivity index (χ3v) is 3.04. The molecule has 4 heteroatoms. The molecule has 0 radical (unpaired) electrons. The molecule has 19 heavy (non-hydrogen) atoms. The lowest BCUT2D eigenvalue weighted by molar-refractivity contribution is 0.506. The predicted molar refractivity (Wildman–Crippen MR) is 72.1 cm³/mol. The van der Waals surface area contributed by atoms with Gasteiger partial charge in [0.25, 0.3) is 0 Å². The Balaban J connectivity index is 2.20. The van der Waals surface area contributed by atoms with E-state index in [1.165, 1.54) is 6.07 Å². The Kier molecular flexibility index (Phi) is 3.79. The number of aromatic nitrogens is 1. The number of nitrogens with zero attached hydrogens (tertiary/aromatic N) is 1. The Hall–Kier alpha value is -1.97. The summed E-state index contributed by atoms with van der Waals surface area (Å²) in [5.41, 5.74) is 3.42. The third kappa shape index (κ3) is 3.08. The highest BCUT2D eigenvalue weighted by molar-refractivity contribution is 5.49. The summed E-state index contributed by atoms with van der Waals surface area (Å²) in [6, 6.07) is 7.65. The summed E-state index contributed by atoms with van der Waals surface area (Å²) in [5, 5.41) is 3.25. The van der Waals surface area contributed by atoms with Crippen molar-refractivity contribution in [2.75, 3.05) is 5.32 Å². The normalized spacial score (nSPS) is 12.3. The summed E-state index contributed by atoms with van der Waals surface area (Å²) in [6.45, 7) is 5.73. The van der Waals surface area contributed by atoms with E-state index in [9.17, 15) is 8.78 Å². The topological polar surface area (TPSA) is 24.9 Å². The second kappa shape index (κ2) is 5.34. The van der Waals surface area contributed by atoms with Crippen molar-refractivity contribution in [3.63, 3.8) is 0 Å². The van der Waals surface area contributed by atoms with Gasteiger partial charge in [0, 0.05) is 11.7 Å². The molecule has 2 aromatic rings. The third-order valence-electron chi connectivity index (χ3n) is 3.04. The van der Waals surface area contributed by atoms with Crippen molar-refractivity contribution in [1.29, 1.82) is 0 Å². The Morgan fingerprint density at radius 2 is 1.79 bits per heavy atom. The molecule has 1 N–H and O–H groups in total. The van der Waals surface area contributed by atoms with Crippen LogP contribution < -0.4 is 5.32 Å². The van der Waals surface area contributed by atoms with Crippen LogP contribution in [-0.4, -0.2) is 4.98 Å². The van der Waals surface area contributed by atoms with Gasteiger partial charge in [-0.05, 0) is 50.6 Å². The van der Waals surface area contributed by atoms with Gasteiger partial charge in [-0.2, -0.15) is 0 Å². The first kappa shape index (κ1) is 13.5. The smallest absolute Gasteiger partial charge is 0.159 e. The van der Waals surface area contributed by atoms with E-state index in [4.69, 9.17) is 0 Å². The first-order valence-electron chi connectivity index (χ1n) is 6.13. The molecule has 2 nitrogen and oxygen atoms in total. The van der Waals surface area contributed by atoms with Crippen LogP contribution in [0.5, 0.6) is 0 Å². The van der Waals surface area contributed by atoms with Crippen LogP contribution in [0.25, 0.3) is 0 Å². The van der Waals surface area contributed by atoms with Crippen molar-refractivity contribution >= 4 is 5.69 Å². The van der Waals surface area contributed by atoms with E-state index in [-0.39, 0.29) is 6.04 Å². The lowest BCUT2D eigenvalue weighted by atomic mass is 10.1. The van der Waals surface area contributed by atoms with Crippen LogP contribution in [-0.2, 0) is 0 Å². The maximum Gasteiger partial charge on any atom is 0.159 e. The fourth-order valence-corrected chi connectivity index (χ4v) is 1.94. The molecule has 0 aliphatic rings. The molecule has 0 aliphatic heterocycles. The number of rotatable bonds is 3. The van der Waals surface area contributed by atoms with Crippen LogP contribution in [0.1, 0.15) is 29.9 Å². The summed E-state index contributed by atoms with van der Waals surface area (Å²) in [6.07, 6.45) is 0. The fourth-order valence-electron chi connectivity index (χ4n) is 1.94. The highest BCUT2D eigenvalue weighted by Gasteiger charge is 2.10. The predicted octanol–water partition coefficient (Wildman–Crippen LogP) is 4.15. The van der Waals surface area contributed by atoms with Crippen molar-refractivity contribution < 1.29 is 8.78 Å². The minimum Gasteiger partial charge on any atom is -0.377 e. The second-order valence-corrected chi connectivity index (χ2v) is 4.63. The van der Waals surface area contributed by atoms with Crippen molar-refractivity contribution in [3.8, 4) is 0 Å². The van der Waals surface area contributed by atoms with Crippen LogP contribution in [0.15, 0.2) is 30.3 Å². The van der Waals surface area contributed by atoms with Crippen LogP contribution in [0.4, 0.5) is 14.5 Å². The van der Waals surface area contributed by atoms with Gasteiger partial charge in [0.2, 0.25) is 0 Å². The molecule has 0 fully saturated rings. The molecule has 0 spiro atoms. The molecule has 1 heterocycles. The van der Waals surface area contributed by atoms with Crippen LogP contribution in [0.3, 0.4) is 0 Å².